The Bertz CT molecular complexity index is 248. The van der Waals surface area contributed by atoms with E-state index in [0.29, 0.717) is 12.6 Å². The molecule has 0 bridgehead atoms. The fourth-order valence-electron chi connectivity index (χ4n) is 0.849. The maximum Gasteiger partial charge on any atom is 0.205 e. The van der Waals surface area contributed by atoms with Gasteiger partial charge in [0.25, 0.3) is 0 Å². The zero-order chi connectivity index (χ0) is 9.68. The zero-order valence-electron chi connectivity index (χ0n) is 8.08. The van der Waals surface area contributed by atoms with Gasteiger partial charge in [-0.25, -0.2) is 0 Å². The van der Waals surface area contributed by atoms with Crippen LogP contribution in [0.2, 0.25) is 0 Å². The molecule has 1 atom stereocenters. The van der Waals surface area contributed by atoms with Gasteiger partial charge in [0.2, 0.25) is 5.13 Å². The largest absolute Gasteiger partial charge is 0.358 e. The van der Waals surface area contributed by atoms with Crippen LogP contribution in [0.3, 0.4) is 0 Å². The quantitative estimate of drug-likeness (QED) is 0.751. The van der Waals surface area contributed by atoms with Gasteiger partial charge in [0, 0.05) is 12.5 Å². The first kappa shape index (κ1) is 10.4. The van der Waals surface area contributed by atoms with Crippen LogP contribution in [0.4, 0.5) is 5.13 Å². The van der Waals surface area contributed by atoms with Crippen LogP contribution < -0.4 is 11.1 Å². The maximum absolute atomic E-state index is 5.42. The van der Waals surface area contributed by atoms with E-state index in [1.165, 1.54) is 0 Å². The Kier molecular flexibility index (Phi) is 4.11. The standard InChI is InChI=1S/C8H16N4S/c1-3-6(2)10-8-12-11-7(13-8)4-5-9/h6H,3-5,9H2,1-2H3,(H,10,12). The molecule has 0 aliphatic heterocycles. The first-order valence-electron chi connectivity index (χ1n) is 4.55. The first-order chi connectivity index (χ1) is 6.26. The van der Waals surface area contributed by atoms with Crippen LogP contribution in [0.25, 0.3) is 0 Å². The summed E-state index contributed by atoms with van der Waals surface area (Å²) in [6.45, 7) is 4.90. The summed E-state index contributed by atoms with van der Waals surface area (Å²) in [7, 11) is 0. The lowest BCUT2D eigenvalue weighted by Crippen LogP contribution is -2.12. The minimum absolute atomic E-state index is 0.457. The van der Waals surface area contributed by atoms with Crippen molar-refractivity contribution in [3.63, 3.8) is 0 Å². The average molecular weight is 200 g/mol. The first-order valence-corrected chi connectivity index (χ1v) is 5.37. The highest BCUT2D eigenvalue weighted by Crippen LogP contribution is 2.16. The summed E-state index contributed by atoms with van der Waals surface area (Å²) in [6, 6.07) is 0.457. The van der Waals surface area contributed by atoms with Crippen molar-refractivity contribution in [2.75, 3.05) is 11.9 Å². The third-order valence-corrected chi connectivity index (χ3v) is 2.72. The summed E-state index contributed by atoms with van der Waals surface area (Å²) in [5.74, 6) is 0. The Morgan fingerprint density at radius 3 is 2.92 bits per heavy atom. The van der Waals surface area contributed by atoms with E-state index >= 15 is 0 Å². The Balaban J connectivity index is 2.48. The predicted octanol–water partition coefficient (Wildman–Crippen LogP) is 1.25. The molecule has 0 aromatic carbocycles. The van der Waals surface area contributed by atoms with Gasteiger partial charge in [-0.1, -0.05) is 18.3 Å². The van der Waals surface area contributed by atoms with Crippen molar-refractivity contribution in [1.82, 2.24) is 10.2 Å². The Morgan fingerprint density at radius 1 is 1.54 bits per heavy atom. The van der Waals surface area contributed by atoms with Gasteiger partial charge >= 0.3 is 0 Å². The molecule has 1 unspecified atom stereocenters. The molecule has 0 fully saturated rings. The summed E-state index contributed by atoms with van der Waals surface area (Å²) in [5, 5.41) is 13.2. The number of hydrogen-bond donors (Lipinski definition) is 2. The van der Waals surface area contributed by atoms with Gasteiger partial charge < -0.3 is 11.1 Å². The number of nitrogens with one attached hydrogen (secondary N) is 1. The minimum atomic E-state index is 0.457. The van der Waals surface area contributed by atoms with E-state index in [-0.39, 0.29) is 0 Å². The van der Waals surface area contributed by atoms with Crippen LogP contribution in [-0.4, -0.2) is 22.8 Å². The third-order valence-electron chi connectivity index (χ3n) is 1.81. The molecule has 1 rings (SSSR count). The highest BCUT2D eigenvalue weighted by atomic mass is 32.1. The van der Waals surface area contributed by atoms with E-state index in [2.05, 4.69) is 29.4 Å². The van der Waals surface area contributed by atoms with Crippen LogP contribution in [0.15, 0.2) is 0 Å². The summed E-state index contributed by atoms with van der Waals surface area (Å²) >= 11 is 1.59. The van der Waals surface area contributed by atoms with E-state index in [1.807, 2.05) is 0 Å². The predicted molar refractivity (Wildman–Crippen MR) is 56.0 cm³/mol. The smallest absolute Gasteiger partial charge is 0.205 e. The van der Waals surface area contributed by atoms with E-state index < -0.39 is 0 Å². The fraction of sp³-hybridized carbons (Fsp3) is 0.750. The van der Waals surface area contributed by atoms with Gasteiger partial charge in [-0.3, -0.25) is 0 Å². The Morgan fingerprint density at radius 2 is 2.31 bits per heavy atom. The van der Waals surface area contributed by atoms with Gasteiger partial charge in [-0.05, 0) is 19.9 Å². The number of rotatable bonds is 5. The number of nitrogens with zero attached hydrogens (tertiary/aromatic N) is 2. The molecule has 0 radical (unpaired) electrons. The van der Waals surface area contributed by atoms with Crippen molar-refractivity contribution in [1.29, 1.82) is 0 Å². The van der Waals surface area contributed by atoms with Crippen LogP contribution in [0.1, 0.15) is 25.3 Å². The number of hydrogen-bond acceptors (Lipinski definition) is 5. The van der Waals surface area contributed by atoms with Crippen LogP contribution in [0, 0.1) is 0 Å². The van der Waals surface area contributed by atoms with E-state index in [1.54, 1.807) is 11.3 Å². The Labute approximate surface area is 82.6 Å². The zero-order valence-corrected chi connectivity index (χ0v) is 8.90. The molecule has 74 valence electrons. The van der Waals surface area contributed by atoms with Crippen LogP contribution >= 0.6 is 11.3 Å². The molecule has 5 heteroatoms. The lowest BCUT2D eigenvalue weighted by Gasteiger charge is -2.07. The molecule has 0 amide bonds. The monoisotopic (exact) mass is 200 g/mol. The second-order valence-electron chi connectivity index (χ2n) is 2.99. The summed E-state index contributed by atoms with van der Waals surface area (Å²) in [6.07, 6.45) is 1.91. The van der Waals surface area contributed by atoms with Gasteiger partial charge in [-0.2, -0.15) is 0 Å². The van der Waals surface area contributed by atoms with Crippen molar-refractivity contribution in [2.45, 2.75) is 32.7 Å². The van der Waals surface area contributed by atoms with Crippen molar-refractivity contribution in [3.8, 4) is 0 Å². The lowest BCUT2D eigenvalue weighted by atomic mass is 10.3. The third kappa shape index (κ3) is 3.28. The number of nitrogens with two attached hydrogens (primary N) is 1. The van der Waals surface area contributed by atoms with Gasteiger partial charge in [0.05, 0.1) is 0 Å². The summed E-state index contributed by atoms with van der Waals surface area (Å²) in [5.41, 5.74) is 5.42. The van der Waals surface area contributed by atoms with Gasteiger partial charge in [0.1, 0.15) is 5.01 Å². The number of anilines is 1. The molecular formula is C8H16N4S. The van der Waals surface area contributed by atoms with Crippen molar-refractivity contribution < 1.29 is 0 Å². The maximum atomic E-state index is 5.42. The highest BCUT2D eigenvalue weighted by Gasteiger charge is 2.04. The van der Waals surface area contributed by atoms with E-state index in [9.17, 15) is 0 Å². The van der Waals surface area contributed by atoms with Gasteiger partial charge in [0.15, 0.2) is 0 Å². The molecule has 3 N–H and O–H groups in total. The Hall–Kier alpha value is -0.680. The fourth-order valence-corrected chi connectivity index (χ4v) is 1.72. The minimum Gasteiger partial charge on any atom is -0.358 e. The molecule has 0 saturated carbocycles. The lowest BCUT2D eigenvalue weighted by molar-refractivity contribution is 0.759. The molecule has 0 spiro atoms. The van der Waals surface area contributed by atoms with Gasteiger partial charge in [-0.15, -0.1) is 10.2 Å². The second-order valence-corrected chi connectivity index (χ2v) is 4.06. The molecule has 0 aliphatic rings. The normalized spacial score (nSPS) is 12.8. The molecule has 0 aliphatic carbocycles. The molecule has 0 saturated heterocycles. The molecular weight excluding hydrogens is 184 g/mol. The van der Waals surface area contributed by atoms with Crippen LogP contribution in [-0.2, 0) is 6.42 Å². The molecule has 1 aromatic heterocycles. The van der Waals surface area contributed by atoms with E-state index in [0.717, 1.165) is 23.0 Å². The molecule has 1 aromatic rings. The van der Waals surface area contributed by atoms with E-state index in [4.69, 9.17) is 5.73 Å². The molecule has 13 heavy (non-hydrogen) atoms. The molecule has 1 heterocycles. The molecule has 4 nitrogen and oxygen atoms in total. The number of aromatic nitrogens is 2. The van der Waals surface area contributed by atoms with Crippen molar-refractivity contribution in [2.24, 2.45) is 5.73 Å². The second kappa shape index (κ2) is 5.14. The van der Waals surface area contributed by atoms with Crippen molar-refractivity contribution in [3.05, 3.63) is 5.01 Å². The van der Waals surface area contributed by atoms with Crippen LogP contribution in [0.5, 0.6) is 0 Å². The average Bonchev–Trinajstić information content (AvgIpc) is 2.53. The summed E-state index contributed by atoms with van der Waals surface area (Å²) in [4.78, 5) is 0. The summed E-state index contributed by atoms with van der Waals surface area (Å²) < 4.78 is 0. The highest BCUT2D eigenvalue weighted by molar-refractivity contribution is 7.15. The topological polar surface area (TPSA) is 63.8 Å². The SMILES string of the molecule is CCC(C)Nc1nnc(CCN)s1. The van der Waals surface area contributed by atoms with Crippen molar-refractivity contribution >= 4 is 16.5 Å².